The molecule has 2 unspecified atom stereocenters. The normalized spacial score (nSPS) is 26.7. The van der Waals surface area contributed by atoms with Gasteiger partial charge in [-0.25, -0.2) is 4.98 Å². The van der Waals surface area contributed by atoms with E-state index in [-0.39, 0.29) is 0 Å². The number of anilines is 1. The lowest BCUT2D eigenvalue weighted by atomic mass is 9.92. The molecule has 3 nitrogen and oxygen atoms in total. The number of rotatable bonds is 1. The van der Waals surface area contributed by atoms with Crippen LogP contribution in [0.1, 0.15) is 20.3 Å². The van der Waals surface area contributed by atoms with Crippen molar-refractivity contribution in [3.8, 4) is 0 Å². The van der Waals surface area contributed by atoms with Crippen LogP contribution in [0.3, 0.4) is 0 Å². The Hall–Kier alpha value is -0.900. The van der Waals surface area contributed by atoms with Crippen LogP contribution in [0.15, 0.2) is 12.3 Å². The molecule has 1 fully saturated rings. The van der Waals surface area contributed by atoms with Crippen molar-refractivity contribution in [1.82, 2.24) is 9.97 Å². The largest absolute Gasteiger partial charge is 0.358 e. The molecular formula is C11H17N3S. The second-order valence-electron chi connectivity index (χ2n) is 4.61. The van der Waals surface area contributed by atoms with Crippen LogP contribution in [-0.4, -0.2) is 23.1 Å². The summed E-state index contributed by atoms with van der Waals surface area (Å²) in [6.07, 6.45) is 3.10. The first kappa shape index (κ1) is 10.6. The molecule has 0 spiro atoms. The van der Waals surface area contributed by atoms with Crippen molar-refractivity contribution in [2.45, 2.75) is 20.3 Å². The Labute approximate surface area is 95.5 Å². The Morgan fingerprint density at radius 1 is 1.40 bits per heavy atom. The van der Waals surface area contributed by atoms with Gasteiger partial charge in [0, 0.05) is 19.3 Å². The van der Waals surface area contributed by atoms with Crippen LogP contribution >= 0.6 is 12.2 Å². The molecule has 0 radical (unpaired) electrons. The SMILES string of the molecule is CC1CC(C)CN(c2ccnc(=S)[nH]2)C1. The molecule has 2 atom stereocenters. The predicted molar refractivity (Wildman–Crippen MR) is 64.6 cm³/mol. The zero-order valence-corrected chi connectivity index (χ0v) is 10.0. The summed E-state index contributed by atoms with van der Waals surface area (Å²) in [7, 11) is 0. The average molecular weight is 223 g/mol. The van der Waals surface area contributed by atoms with Crippen LogP contribution in [0.25, 0.3) is 0 Å². The highest BCUT2D eigenvalue weighted by Crippen LogP contribution is 2.24. The second-order valence-corrected chi connectivity index (χ2v) is 5.00. The smallest absolute Gasteiger partial charge is 0.198 e. The lowest BCUT2D eigenvalue weighted by molar-refractivity contribution is 0.355. The van der Waals surface area contributed by atoms with Crippen molar-refractivity contribution in [3.05, 3.63) is 17.0 Å². The molecule has 0 saturated carbocycles. The monoisotopic (exact) mass is 223 g/mol. The third kappa shape index (κ3) is 2.56. The van der Waals surface area contributed by atoms with E-state index in [9.17, 15) is 0 Å². The number of nitrogens with zero attached hydrogens (tertiary/aromatic N) is 2. The molecule has 0 bridgehead atoms. The quantitative estimate of drug-likeness (QED) is 0.743. The Kier molecular flexibility index (Phi) is 3.05. The van der Waals surface area contributed by atoms with Gasteiger partial charge in [0.25, 0.3) is 0 Å². The molecule has 2 rings (SSSR count). The van der Waals surface area contributed by atoms with Crippen molar-refractivity contribution in [2.75, 3.05) is 18.0 Å². The summed E-state index contributed by atoms with van der Waals surface area (Å²) in [5, 5.41) is 0. The fourth-order valence-corrected chi connectivity index (χ4v) is 2.57. The van der Waals surface area contributed by atoms with E-state index in [0.29, 0.717) is 4.77 Å². The van der Waals surface area contributed by atoms with E-state index in [4.69, 9.17) is 12.2 Å². The highest BCUT2D eigenvalue weighted by Gasteiger charge is 2.22. The lowest BCUT2D eigenvalue weighted by Gasteiger charge is -2.36. The first-order chi connectivity index (χ1) is 7.15. The Morgan fingerprint density at radius 3 is 2.67 bits per heavy atom. The number of aromatic nitrogens is 2. The van der Waals surface area contributed by atoms with Crippen molar-refractivity contribution in [2.24, 2.45) is 11.8 Å². The van der Waals surface area contributed by atoms with Crippen molar-refractivity contribution in [3.63, 3.8) is 0 Å². The van der Waals surface area contributed by atoms with Gasteiger partial charge in [0.1, 0.15) is 5.82 Å². The summed E-state index contributed by atoms with van der Waals surface area (Å²) in [4.78, 5) is 9.52. The molecule has 2 heterocycles. The third-order valence-electron chi connectivity index (χ3n) is 2.87. The molecule has 1 aliphatic rings. The minimum atomic E-state index is 0.568. The van der Waals surface area contributed by atoms with Crippen LogP contribution in [0.4, 0.5) is 5.82 Å². The summed E-state index contributed by atoms with van der Waals surface area (Å²) in [5.41, 5.74) is 0. The van der Waals surface area contributed by atoms with Crippen molar-refractivity contribution >= 4 is 18.0 Å². The third-order valence-corrected chi connectivity index (χ3v) is 3.08. The van der Waals surface area contributed by atoms with Gasteiger partial charge in [-0.2, -0.15) is 0 Å². The fraction of sp³-hybridized carbons (Fsp3) is 0.636. The van der Waals surface area contributed by atoms with Gasteiger partial charge in [-0.3, -0.25) is 0 Å². The molecule has 0 aromatic carbocycles. The van der Waals surface area contributed by atoms with Crippen LogP contribution in [0.2, 0.25) is 0 Å². The minimum absolute atomic E-state index is 0.568. The van der Waals surface area contributed by atoms with E-state index < -0.39 is 0 Å². The number of hydrogen-bond acceptors (Lipinski definition) is 3. The highest BCUT2D eigenvalue weighted by molar-refractivity contribution is 7.71. The molecule has 4 heteroatoms. The highest BCUT2D eigenvalue weighted by atomic mass is 32.1. The van der Waals surface area contributed by atoms with Crippen LogP contribution in [-0.2, 0) is 0 Å². The fourth-order valence-electron chi connectivity index (χ4n) is 2.40. The number of H-pyrrole nitrogens is 1. The first-order valence-electron chi connectivity index (χ1n) is 5.45. The van der Waals surface area contributed by atoms with E-state index in [0.717, 1.165) is 30.7 Å². The van der Waals surface area contributed by atoms with Gasteiger partial charge in [0.15, 0.2) is 4.77 Å². The maximum absolute atomic E-state index is 5.03. The molecule has 1 aromatic rings. The summed E-state index contributed by atoms with van der Waals surface area (Å²) in [5.74, 6) is 2.61. The van der Waals surface area contributed by atoms with Crippen molar-refractivity contribution in [1.29, 1.82) is 0 Å². The van der Waals surface area contributed by atoms with E-state index in [2.05, 4.69) is 28.7 Å². The van der Waals surface area contributed by atoms with Gasteiger partial charge in [-0.1, -0.05) is 13.8 Å². The van der Waals surface area contributed by atoms with E-state index in [1.807, 2.05) is 6.07 Å². The second kappa shape index (κ2) is 4.31. The number of hydrogen-bond donors (Lipinski definition) is 1. The molecule has 1 aromatic heterocycles. The maximum atomic E-state index is 5.03. The summed E-state index contributed by atoms with van der Waals surface area (Å²) in [6.45, 7) is 6.83. The molecule has 1 saturated heterocycles. The van der Waals surface area contributed by atoms with E-state index >= 15 is 0 Å². The zero-order valence-electron chi connectivity index (χ0n) is 9.23. The van der Waals surface area contributed by atoms with E-state index in [1.165, 1.54) is 6.42 Å². The lowest BCUT2D eigenvalue weighted by Crippen LogP contribution is -2.39. The van der Waals surface area contributed by atoms with Crippen LogP contribution in [0, 0.1) is 16.6 Å². The summed E-state index contributed by atoms with van der Waals surface area (Å²) >= 11 is 5.03. The molecular weight excluding hydrogens is 206 g/mol. The Balaban J connectivity index is 2.19. The van der Waals surface area contributed by atoms with Gasteiger partial charge >= 0.3 is 0 Å². The molecule has 1 aliphatic heterocycles. The van der Waals surface area contributed by atoms with E-state index in [1.54, 1.807) is 6.20 Å². The standard InChI is InChI=1S/C11H17N3S/c1-8-5-9(2)7-14(6-8)10-3-4-12-11(15)13-10/h3-4,8-9H,5-7H2,1-2H3,(H,12,13,15). The molecule has 0 aliphatic carbocycles. The summed E-state index contributed by atoms with van der Waals surface area (Å²) in [6, 6.07) is 2.00. The van der Waals surface area contributed by atoms with Gasteiger partial charge < -0.3 is 9.88 Å². The first-order valence-corrected chi connectivity index (χ1v) is 5.86. The zero-order chi connectivity index (χ0) is 10.8. The van der Waals surface area contributed by atoms with Crippen molar-refractivity contribution < 1.29 is 0 Å². The Bertz CT molecular complexity index is 377. The van der Waals surface area contributed by atoms with Crippen LogP contribution in [0.5, 0.6) is 0 Å². The van der Waals surface area contributed by atoms with Gasteiger partial charge in [-0.05, 0) is 36.5 Å². The maximum Gasteiger partial charge on any atom is 0.198 e. The van der Waals surface area contributed by atoms with Gasteiger partial charge in [-0.15, -0.1) is 0 Å². The predicted octanol–water partition coefficient (Wildman–Crippen LogP) is 2.62. The molecule has 1 N–H and O–H groups in total. The Morgan fingerprint density at radius 2 is 2.07 bits per heavy atom. The van der Waals surface area contributed by atoms with Gasteiger partial charge in [0.05, 0.1) is 0 Å². The summed E-state index contributed by atoms with van der Waals surface area (Å²) < 4.78 is 0.568. The molecule has 0 amide bonds. The topological polar surface area (TPSA) is 31.9 Å². The average Bonchev–Trinajstić information content (AvgIpc) is 2.16. The van der Waals surface area contributed by atoms with Crippen LogP contribution < -0.4 is 4.90 Å². The number of nitrogens with one attached hydrogen (secondary N) is 1. The van der Waals surface area contributed by atoms with Gasteiger partial charge in [0.2, 0.25) is 0 Å². The minimum Gasteiger partial charge on any atom is -0.358 e. The number of piperidine rings is 1. The molecule has 82 valence electrons. The number of aromatic amines is 1. The molecule has 15 heavy (non-hydrogen) atoms.